The van der Waals surface area contributed by atoms with Crippen LogP contribution < -0.4 is 11.1 Å². The second-order valence-corrected chi connectivity index (χ2v) is 5.63. The molecule has 1 atom stereocenters. The monoisotopic (exact) mass is 269 g/mol. The van der Waals surface area contributed by atoms with Gasteiger partial charge in [-0.2, -0.15) is 0 Å². The molecular formula is C14H27N3O2. The number of nitrogens with two attached hydrogens (primary N) is 1. The van der Waals surface area contributed by atoms with Crippen molar-refractivity contribution in [1.29, 1.82) is 0 Å². The molecule has 0 bridgehead atoms. The van der Waals surface area contributed by atoms with E-state index in [-0.39, 0.29) is 17.9 Å². The fourth-order valence-corrected chi connectivity index (χ4v) is 2.41. The van der Waals surface area contributed by atoms with Crippen LogP contribution >= 0.6 is 0 Å². The molecule has 1 fully saturated rings. The molecule has 0 spiro atoms. The van der Waals surface area contributed by atoms with Crippen LogP contribution in [0.15, 0.2) is 0 Å². The molecule has 110 valence electrons. The van der Waals surface area contributed by atoms with Crippen LogP contribution in [0.1, 0.15) is 46.0 Å². The fraction of sp³-hybridized carbons (Fsp3) is 0.857. The van der Waals surface area contributed by atoms with Crippen molar-refractivity contribution in [3.8, 4) is 0 Å². The van der Waals surface area contributed by atoms with Crippen molar-refractivity contribution in [2.24, 2.45) is 11.7 Å². The summed E-state index contributed by atoms with van der Waals surface area (Å²) < 4.78 is 0. The molecule has 1 unspecified atom stereocenters. The van der Waals surface area contributed by atoms with E-state index < -0.39 is 0 Å². The number of carbonyl (C=O) groups is 2. The number of amides is 2. The molecule has 1 rings (SSSR count). The standard InChI is InChI=1S/C14H27N3O2/c1-11(15)4-3-5-14(19)17-8-6-13(7-9-17)10-16-12(2)18/h11,13H,3-10,15H2,1-2H3,(H,16,18). The topological polar surface area (TPSA) is 75.4 Å². The molecule has 0 aromatic rings. The maximum Gasteiger partial charge on any atom is 0.222 e. The minimum absolute atomic E-state index is 0.0226. The van der Waals surface area contributed by atoms with Crippen molar-refractivity contribution in [3.63, 3.8) is 0 Å². The minimum atomic E-state index is 0.0226. The van der Waals surface area contributed by atoms with E-state index in [1.807, 2.05) is 11.8 Å². The molecular weight excluding hydrogens is 242 g/mol. The summed E-state index contributed by atoms with van der Waals surface area (Å²) in [7, 11) is 0. The van der Waals surface area contributed by atoms with Gasteiger partial charge in [-0.25, -0.2) is 0 Å². The molecule has 2 amide bonds. The first kappa shape index (κ1) is 16.0. The van der Waals surface area contributed by atoms with Gasteiger partial charge in [-0.1, -0.05) is 0 Å². The molecule has 5 nitrogen and oxygen atoms in total. The van der Waals surface area contributed by atoms with Crippen LogP contribution in [0, 0.1) is 5.92 Å². The Balaban J connectivity index is 2.18. The Kier molecular flexibility index (Phi) is 6.84. The van der Waals surface area contributed by atoms with Crippen LogP contribution in [0.25, 0.3) is 0 Å². The van der Waals surface area contributed by atoms with Gasteiger partial charge in [0.25, 0.3) is 0 Å². The lowest BCUT2D eigenvalue weighted by molar-refractivity contribution is -0.132. The van der Waals surface area contributed by atoms with Crippen molar-refractivity contribution < 1.29 is 9.59 Å². The molecule has 0 radical (unpaired) electrons. The molecule has 0 saturated carbocycles. The Morgan fingerprint density at radius 1 is 1.37 bits per heavy atom. The SMILES string of the molecule is CC(=O)NCC1CCN(C(=O)CCCC(C)N)CC1. The zero-order chi connectivity index (χ0) is 14.3. The lowest BCUT2D eigenvalue weighted by atomic mass is 9.96. The molecule has 5 heteroatoms. The molecule has 1 heterocycles. The number of nitrogens with zero attached hydrogens (tertiary/aromatic N) is 1. The number of carbonyl (C=O) groups excluding carboxylic acids is 2. The second kappa shape index (κ2) is 8.15. The lowest BCUT2D eigenvalue weighted by Crippen LogP contribution is -2.41. The first-order valence-corrected chi connectivity index (χ1v) is 7.27. The van der Waals surface area contributed by atoms with Crippen LogP contribution in [0.3, 0.4) is 0 Å². The highest BCUT2D eigenvalue weighted by atomic mass is 16.2. The normalized spacial score (nSPS) is 18.2. The van der Waals surface area contributed by atoms with E-state index in [1.54, 1.807) is 0 Å². The van der Waals surface area contributed by atoms with Crippen molar-refractivity contribution >= 4 is 11.8 Å². The molecule has 1 saturated heterocycles. The summed E-state index contributed by atoms with van der Waals surface area (Å²) >= 11 is 0. The molecule has 1 aliphatic heterocycles. The number of hydrogen-bond acceptors (Lipinski definition) is 3. The average molecular weight is 269 g/mol. The van der Waals surface area contributed by atoms with Crippen LogP contribution in [0.4, 0.5) is 0 Å². The summed E-state index contributed by atoms with van der Waals surface area (Å²) in [5.74, 6) is 0.782. The highest BCUT2D eigenvalue weighted by Crippen LogP contribution is 2.17. The molecule has 0 aromatic carbocycles. The van der Waals surface area contributed by atoms with Gasteiger partial charge in [0.15, 0.2) is 0 Å². The Morgan fingerprint density at radius 3 is 2.53 bits per heavy atom. The minimum Gasteiger partial charge on any atom is -0.356 e. The Bertz CT molecular complexity index is 297. The third-order valence-electron chi connectivity index (χ3n) is 3.66. The van der Waals surface area contributed by atoms with E-state index in [2.05, 4.69) is 5.32 Å². The third-order valence-corrected chi connectivity index (χ3v) is 3.66. The maximum absolute atomic E-state index is 12.0. The first-order valence-electron chi connectivity index (χ1n) is 7.27. The van der Waals surface area contributed by atoms with Crippen molar-refractivity contribution in [2.45, 2.75) is 52.0 Å². The van der Waals surface area contributed by atoms with E-state index in [4.69, 9.17) is 5.73 Å². The first-order chi connectivity index (χ1) is 8.99. The van der Waals surface area contributed by atoms with Gasteiger partial charge in [0, 0.05) is 39.0 Å². The quantitative estimate of drug-likeness (QED) is 0.751. The average Bonchev–Trinajstić information content (AvgIpc) is 2.36. The fourth-order valence-electron chi connectivity index (χ4n) is 2.41. The summed E-state index contributed by atoms with van der Waals surface area (Å²) in [6, 6.07) is 0.177. The highest BCUT2D eigenvalue weighted by molar-refractivity contribution is 5.76. The van der Waals surface area contributed by atoms with E-state index in [9.17, 15) is 9.59 Å². The van der Waals surface area contributed by atoms with E-state index in [0.29, 0.717) is 12.3 Å². The van der Waals surface area contributed by atoms with Crippen LogP contribution in [0.5, 0.6) is 0 Å². The lowest BCUT2D eigenvalue weighted by Gasteiger charge is -2.32. The predicted octanol–water partition coefficient (Wildman–Crippen LogP) is 0.879. The van der Waals surface area contributed by atoms with Crippen LogP contribution in [-0.4, -0.2) is 42.4 Å². The molecule has 19 heavy (non-hydrogen) atoms. The van der Waals surface area contributed by atoms with Gasteiger partial charge < -0.3 is 16.0 Å². The van der Waals surface area contributed by atoms with Crippen molar-refractivity contribution in [3.05, 3.63) is 0 Å². The summed E-state index contributed by atoms with van der Waals surface area (Å²) in [6.07, 6.45) is 4.36. The molecule has 1 aliphatic rings. The van der Waals surface area contributed by atoms with Crippen LogP contribution in [-0.2, 0) is 9.59 Å². The number of nitrogens with one attached hydrogen (secondary N) is 1. The largest absolute Gasteiger partial charge is 0.356 e. The Morgan fingerprint density at radius 2 is 2.00 bits per heavy atom. The number of rotatable bonds is 6. The van der Waals surface area contributed by atoms with Gasteiger partial charge in [0.2, 0.25) is 11.8 Å². The number of piperidine rings is 1. The molecule has 0 aliphatic carbocycles. The smallest absolute Gasteiger partial charge is 0.222 e. The number of likely N-dealkylation sites (tertiary alicyclic amines) is 1. The van der Waals surface area contributed by atoms with Gasteiger partial charge in [0.1, 0.15) is 0 Å². The van der Waals surface area contributed by atoms with E-state index in [1.165, 1.54) is 6.92 Å². The second-order valence-electron chi connectivity index (χ2n) is 5.63. The van der Waals surface area contributed by atoms with Crippen molar-refractivity contribution in [1.82, 2.24) is 10.2 Å². The Labute approximate surface area is 115 Å². The van der Waals surface area contributed by atoms with Gasteiger partial charge in [-0.3, -0.25) is 9.59 Å². The van der Waals surface area contributed by atoms with E-state index in [0.717, 1.165) is 45.3 Å². The van der Waals surface area contributed by atoms with E-state index >= 15 is 0 Å². The maximum atomic E-state index is 12.0. The summed E-state index contributed by atoms with van der Waals surface area (Å²) in [4.78, 5) is 24.8. The Hall–Kier alpha value is -1.10. The van der Waals surface area contributed by atoms with Gasteiger partial charge in [0.05, 0.1) is 0 Å². The van der Waals surface area contributed by atoms with Gasteiger partial charge >= 0.3 is 0 Å². The number of hydrogen-bond donors (Lipinski definition) is 2. The van der Waals surface area contributed by atoms with Gasteiger partial charge in [-0.05, 0) is 38.5 Å². The predicted molar refractivity (Wildman–Crippen MR) is 75.5 cm³/mol. The zero-order valence-electron chi connectivity index (χ0n) is 12.2. The third kappa shape index (κ3) is 6.57. The molecule has 0 aromatic heterocycles. The van der Waals surface area contributed by atoms with Crippen LogP contribution in [0.2, 0.25) is 0 Å². The van der Waals surface area contributed by atoms with Gasteiger partial charge in [-0.15, -0.1) is 0 Å². The summed E-state index contributed by atoms with van der Waals surface area (Å²) in [5, 5.41) is 2.85. The zero-order valence-corrected chi connectivity index (χ0v) is 12.2. The highest BCUT2D eigenvalue weighted by Gasteiger charge is 2.22. The summed E-state index contributed by atoms with van der Waals surface area (Å²) in [5.41, 5.74) is 5.67. The summed E-state index contributed by atoms with van der Waals surface area (Å²) in [6.45, 7) is 5.89. The van der Waals surface area contributed by atoms with Crippen molar-refractivity contribution in [2.75, 3.05) is 19.6 Å². The molecule has 3 N–H and O–H groups in total.